The van der Waals surface area contributed by atoms with Gasteiger partial charge in [0.2, 0.25) is 5.91 Å². The summed E-state index contributed by atoms with van der Waals surface area (Å²) in [5.74, 6) is 0.0809. The summed E-state index contributed by atoms with van der Waals surface area (Å²) in [6.45, 7) is 6.97. The standard InChI is InChI=1S/C30H39F3N6O3/c1-22(40)34-26-5-13-39(35-26)27(41)36-15-8-29(9-16-36)6-2-12-38(29)20-23-3-4-24(30(31,32)33)19-25(23)37-14-7-28(21-37)10-17-42-18-11-28/h3-5,13,19H,2,6-12,14-18,20-21H2,1H3,(H,34,35,40). The first-order chi connectivity index (χ1) is 20.1. The number of aromatic nitrogens is 2. The lowest BCUT2D eigenvalue weighted by atomic mass is 9.80. The number of benzene rings is 1. The molecule has 1 aromatic heterocycles. The van der Waals surface area contributed by atoms with Crippen molar-refractivity contribution in [3.63, 3.8) is 0 Å². The van der Waals surface area contributed by atoms with E-state index in [0.29, 0.717) is 31.1 Å². The van der Waals surface area contributed by atoms with Gasteiger partial charge in [0.1, 0.15) is 0 Å². The van der Waals surface area contributed by atoms with Crippen molar-refractivity contribution in [2.75, 3.05) is 56.2 Å². The summed E-state index contributed by atoms with van der Waals surface area (Å²) in [5, 5.41) is 6.77. The van der Waals surface area contributed by atoms with E-state index in [1.165, 1.54) is 23.7 Å². The Morgan fingerprint density at radius 3 is 2.48 bits per heavy atom. The van der Waals surface area contributed by atoms with E-state index in [1.807, 2.05) is 0 Å². The molecule has 4 aliphatic heterocycles. The number of anilines is 2. The topological polar surface area (TPSA) is 82.9 Å². The molecule has 4 aliphatic rings. The summed E-state index contributed by atoms with van der Waals surface area (Å²) in [7, 11) is 0. The highest BCUT2D eigenvalue weighted by Gasteiger charge is 2.45. The summed E-state index contributed by atoms with van der Waals surface area (Å²) in [6, 6.07) is 5.63. The van der Waals surface area contributed by atoms with E-state index in [2.05, 4.69) is 20.2 Å². The number of rotatable bonds is 4. The van der Waals surface area contributed by atoms with E-state index in [0.717, 1.165) is 83.4 Å². The van der Waals surface area contributed by atoms with Crippen LogP contribution in [0.25, 0.3) is 0 Å². The highest BCUT2D eigenvalue weighted by molar-refractivity contribution is 5.88. The summed E-state index contributed by atoms with van der Waals surface area (Å²) in [6.07, 6.45) is 3.66. The number of likely N-dealkylation sites (tertiary alicyclic amines) is 2. The minimum atomic E-state index is -4.39. The zero-order valence-electron chi connectivity index (χ0n) is 24.1. The Balaban J connectivity index is 1.17. The van der Waals surface area contributed by atoms with E-state index < -0.39 is 11.7 Å². The SMILES string of the molecule is CC(=O)Nc1ccn(C(=O)N2CCC3(CCCN3Cc3ccc(C(F)(F)F)cc3N3CCC4(CCOCC4)C3)CC2)n1. The highest BCUT2D eigenvalue weighted by Crippen LogP contribution is 2.45. The third kappa shape index (κ3) is 5.75. The number of hydrogen-bond acceptors (Lipinski definition) is 6. The van der Waals surface area contributed by atoms with Crippen LogP contribution in [0.4, 0.5) is 29.5 Å². The first-order valence-electron chi connectivity index (χ1n) is 15.0. The Labute approximate surface area is 243 Å². The first kappa shape index (κ1) is 29.0. The fraction of sp³-hybridized carbons (Fsp3) is 0.633. The predicted octanol–water partition coefficient (Wildman–Crippen LogP) is 4.97. The van der Waals surface area contributed by atoms with Crippen LogP contribution in [0.15, 0.2) is 30.5 Å². The number of hydrogen-bond donors (Lipinski definition) is 1. The third-order valence-electron chi connectivity index (χ3n) is 9.90. The molecule has 9 nitrogen and oxygen atoms in total. The molecular formula is C30H39F3N6O3. The van der Waals surface area contributed by atoms with Gasteiger partial charge in [0.15, 0.2) is 5.82 Å². The maximum atomic E-state index is 13.8. The molecule has 4 saturated heterocycles. The maximum absolute atomic E-state index is 13.8. The Morgan fingerprint density at radius 2 is 1.76 bits per heavy atom. The number of carbonyl (C=O) groups excluding carboxylic acids is 2. The summed E-state index contributed by atoms with van der Waals surface area (Å²) < 4.78 is 48.2. The molecule has 42 heavy (non-hydrogen) atoms. The predicted molar refractivity (Wildman–Crippen MR) is 151 cm³/mol. The number of halogens is 3. The van der Waals surface area contributed by atoms with Crippen LogP contribution in [0.3, 0.4) is 0 Å². The lowest BCUT2D eigenvalue weighted by molar-refractivity contribution is -0.137. The Morgan fingerprint density at radius 1 is 1.00 bits per heavy atom. The van der Waals surface area contributed by atoms with Gasteiger partial charge in [-0.2, -0.15) is 17.9 Å². The van der Waals surface area contributed by atoms with Crippen molar-refractivity contribution in [3.05, 3.63) is 41.6 Å². The average Bonchev–Trinajstić information content (AvgIpc) is 3.69. The van der Waals surface area contributed by atoms with Crippen molar-refractivity contribution in [1.29, 1.82) is 0 Å². The van der Waals surface area contributed by atoms with Crippen LogP contribution in [0, 0.1) is 5.41 Å². The fourth-order valence-electron chi connectivity index (χ4n) is 7.47. The Kier molecular flexibility index (Phi) is 7.71. The molecule has 4 fully saturated rings. The lowest BCUT2D eigenvalue weighted by Gasteiger charge is -2.45. The molecule has 228 valence electrons. The number of alkyl halides is 3. The number of nitrogens with one attached hydrogen (secondary N) is 1. The van der Waals surface area contributed by atoms with Gasteiger partial charge in [0.25, 0.3) is 0 Å². The molecule has 0 aliphatic carbocycles. The van der Waals surface area contributed by atoms with Crippen LogP contribution in [-0.2, 0) is 22.3 Å². The molecule has 0 radical (unpaired) electrons. The van der Waals surface area contributed by atoms with Gasteiger partial charge in [0.05, 0.1) is 5.56 Å². The van der Waals surface area contributed by atoms with Gasteiger partial charge in [-0.1, -0.05) is 6.07 Å². The van der Waals surface area contributed by atoms with Crippen molar-refractivity contribution in [3.8, 4) is 0 Å². The average molecular weight is 589 g/mol. The third-order valence-corrected chi connectivity index (χ3v) is 9.90. The zero-order chi connectivity index (χ0) is 29.5. The smallest absolute Gasteiger partial charge is 0.381 e. The molecule has 0 atom stereocenters. The number of amides is 2. The molecular weight excluding hydrogens is 549 g/mol. The molecule has 5 heterocycles. The lowest BCUT2D eigenvalue weighted by Crippen LogP contribution is -2.53. The number of nitrogens with zero attached hydrogens (tertiary/aromatic N) is 5. The van der Waals surface area contributed by atoms with Crippen molar-refractivity contribution in [2.45, 2.75) is 70.1 Å². The minimum Gasteiger partial charge on any atom is -0.381 e. The zero-order valence-corrected chi connectivity index (χ0v) is 24.1. The van der Waals surface area contributed by atoms with E-state index in [9.17, 15) is 22.8 Å². The van der Waals surface area contributed by atoms with Gasteiger partial charge >= 0.3 is 12.2 Å². The number of piperidine rings is 1. The molecule has 2 aromatic rings. The maximum Gasteiger partial charge on any atom is 0.416 e. The summed E-state index contributed by atoms with van der Waals surface area (Å²) in [5.41, 5.74) is 1.08. The van der Waals surface area contributed by atoms with Crippen LogP contribution >= 0.6 is 0 Å². The van der Waals surface area contributed by atoms with Crippen molar-refractivity contribution < 1.29 is 27.5 Å². The summed E-state index contributed by atoms with van der Waals surface area (Å²) >= 11 is 0. The van der Waals surface area contributed by atoms with Crippen LogP contribution in [0.2, 0.25) is 0 Å². The van der Waals surface area contributed by atoms with E-state index in [-0.39, 0.29) is 22.9 Å². The van der Waals surface area contributed by atoms with Gasteiger partial charge < -0.3 is 19.9 Å². The van der Waals surface area contributed by atoms with Gasteiger partial charge in [-0.05, 0) is 74.6 Å². The molecule has 0 bridgehead atoms. The van der Waals surface area contributed by atoms with Gasteiger partial charge in [-0.15, -0.1) is 5.10 Å². The largest absolute Gasteiger partial charge is 0.416 e. The molecule has 12 heteroatoms. The normalized spacial score (nSPS) is 22.3. The molecule has 1 N–H and O–H groups in total. The van der Waals surface area contributed by atoms with Crippen LogP contribution in [0.5, 0.6) is 0 Å². The number of carbonyl (C=O) groups is 2. The van der Waals surface area contributed by atoms with Crippen molar-refractivity contribution >= 4 is 23.4 Å². The summed E-state index contributed by atoms with van der Waals surface area (Å²) in [4.78, 5) is 30.8. The monoisotopic (exact) mass is 588 g/mol. The van der Waals surface area contributed by atoms with E-state index in [4.69, 9.17) is 4.74 Å². The molecule has 2 spiro atoms. The van der Waals surface area contributed by atoms with Crippen LogP contribution in [-0.4, -0.2) is 83.0 Å². The quantitative estimate of drug-likeness (QED) is 0.544. The molecule has 6 rings (SSSR count). The second-order valence-electron chi connectivity index (χ2n) is 12.5. The molecule has 2 amide bonds. The van der Waals surface area contributed by atoms with E-state index in [1.54, 1.807) is 23.2 Å². The second-order valence-corrected chi connectivity index (χ2v) is 12.5. The van der Waals surface area contributed by atoms with Crippen LogP contribution < -0.4 is 10.2 Å². The van der Waals surface area contributed by atoms with Crippen molar-refractivity contribution in [1.82, 2.24) is 19.6 Å². The molecule has 0 unspecified atom stereocenters. The highest BCUT2D eigenvalue weighted by atomic mass is 19.4. The van der Waals surface area contributed by atoms with Crippen LogP contribution in [0.1, 0.15) is 63.0 Å². The van der Waals surface area contributed by atoms with E-state index >= 15 is 0 Å². The number of ether oxygens (including phenoxy) is 1. The van der Waals surface area contributed by atoms with Gasteiger partial charge in [-0.25, -0.2) is 4.79 Å². The fourth-order valence-corrected chi connectivity index (χ4v) is 7.47. The minimum absolute atomic E-state index is 0.0881. The molecule has 0 saturated carbocycles. The van der Waals surface area contributed by atoms with Gasteiger partial charge in [0, 0.05) is 76.4 Å². The Hall–Kier alpha value is -3.12. The first-order valence-corrected chi connectivity index (χ1v) is 15.0. The van der Waals surface area contributed by atoms with Crippen molar-refractivity contribution in [2.24, 2.45) is 5.41 Å². The molecule has 1 aromatic carbocycles. The van der Waals surface area contributed by atoms with Gasteiger partial charge in [-0.3, -0.25) is 9.69 Å². The Bertz CT molecular complexity index is 1310. The second kappa shape index (κ2) is 11.2.